The van der Waals surface area contributed by atoms with Crippen LogP contribution in [-0.2, 0) is 11.0 Å². The van der Waals surface area contributed by atoms with Crippen molar-refractivity contribution in [3.05, 3.63) is 96.1 Å². The first-order chi connectivity index (χ1) is 13.3. The molecular weight excluding hydrogens is 384 g/mol. The van der Waals surface area contributed by atoms with Gasteiger partial charge in [0.2, 0.25) is 0 Å². The average molecular weight is 409 g/mol. The summed E-state index contributed by atoms with van der Waals surface area (Å²) in [4.78, 5) is 11.3. The quantitative estimate of drug-likeness (QED) is 0.417. The fourth-order valence-corrected chi connectivity index (χ4v) is 8.35. The monoisotopic (exact) mass is 408 g/mol. The van der Waals surface area contributed by atoms with E-state index >= 15 is 0 Å². The summed E-state index contributed by atoms with van der Waals surface area (Å²) in [6.07, 6.45) is 0. The summed E-state index contributed by atoms with van der Waals surface area (Å²) < 4.78 is 6.87. The third kappa shape index (κ3) is 4.12. The SMILES string of the molecule is CC(C)(C)[Si](OCc1ccc(C(=O)Cl)cc1)(c1ccccc1)c1ccccc1. The molecule has 0 bridgehead atoms. The van der Waals surface area contributed by atoms with Gasteiger partial charge in [-0.15, -0.1) is 0 Å². The van der Waals surface area contributed by atoms with Gasteiger partial charge < -0.3 is 4.43 Å². The van der Waals surface area contributed by atoms with Crippen molar-refractivity contribution < 1.29 is 9.22 Å². The van der Waals surface area contributed by atoms with Crippen molar-refractivity contribution in [1.82, 2.24) is 0 Å². The molecule has 0 atom stereocenters. The maximum Gasteiger partial charge on any atom is 0.261 e. The third-order valence-electron chi connectivity index (χ3n) is 5.05. The second kappa shape index (κ2) is 8.44. The van der Waals surface area contributed by atoms with Crippen LogP contribution in [0.15, 0.2) is 84.9 Å². The number of halogens is 1. The highest BCUT2D eigenvalue weighted by Crippen LogP contribution is 2.37. The number of carbonyl (C=O) groups excluding carboxylic acids is 1. The molecule has 0 N–H and O–H groups in total. The van der Waals surface area contributed by atoms with Crippen molar-refractivity contribution in [2.24, 2.45) is 0 Å². The van der Waals surface area contributed by atoms with Crippen molar-refractivity contribution >= 4 is 35.5 Å². The molecule has 0 amide bonds. The van der Waals surface area contributed by atoms with E-state index in [2.05, 4.69) is 69.3 Å². The first-order valence-electron chi connectivity index (χ1n) is 9.38. The lowest BCUT2D eigenvalue weighted by atomic mass is 10.2. The molecule has 4 heteroatoms. The molecule has 0 aromatic heterocycles. The molecule has 0 saturated heterocycles. The highest BCUT2D eigenvalue weighted by Gasteiger charge is 2.50. The Balaban J connectivity index is 2.04. The second-order valence-electron chi connectivity index (χ2n) is 7.92. The summed E-state index contributed by atoms with van der Waals surface area (Å²) in [6.45, 7) is 7.25. The van der Waals surface area contributed by atoms with Crippen LogP contribution in [0.2, 0.25) is 5.04 Å². The van der Waals surface area contributed by atoms with Crippen molar-refractivity contribution in [2.75, 3.05) is 0 Å². The van der Waals surface area contributed by atoms with Gasteiger partial charge in [-0.1, -0.05) is 93.6 Å². The van der Waals surface area contributed by atoms with Gasteiger partial charge in [-0.25, -0.2) is 0 Å². The number of benzene rings is 3. The number of hydrogen-bond donors (Lipinski definition) is 0. The van der Waals surface area contributed by atoms with Crippen LogP contribution >= 0.6 is 11.6 Å². The fourth-order valence-electron chi connectivity index (χ4n) is 3.69. The third-order valence-corrected chi connectivity index (χ3v) is 10.3. The minimum absolute atomic E-state index is 0.0677. The lowest BCUT2D eigenvalue weighted by Gasteiger charge is -2.43. The summed E-state index contributed by atoms with van der Waals surface area (Å²) in [6, 6.07) is 28.4. The Bertz CT molecular complexity index is 877. The number of hydrogen-bond acceptors (Lipinski definition) is 2. The first-order valence-corrected chi connectivity index (χ1v) is 11.7. The van der Waals surface area contributed by atoms with E-state index in [1.165, 1.54) is 10.4 Å². The normalized spacial score (nSPS) is 12.0. The van der Waals surface area contributed by atoms with Crippen LogP contribution in [-0.4, -0.2) is 13.6 Å². The molecular formula is C24H25ClO2Si. The van der Waals surface area contributed by atoms with Crippen molar-refractivity contribution in [3.63, 3.8) is 0 Å². The summed E-state index contributed by atoms with van der Waals surface area (Å²) in [5.74, 6) is 0. The lowest BCUT2D eigenvalue weighted by Crippen LogP contribution is -2.66. The van der Waals surface area contributed by atoms with Crippen LogP contribution in [0.1, 0.15) is 36.7 Å². The molecule has 3 aromatic carbocycles. The average Bonchev–Trinajstić information content (AvgIpc) is 2.69. The Hall–Kier alpha value is -2.20. The summed E-state index contributed by atoms with van der Waals surface area (Å²) in [7, 11) is -2.56. The van der Waals surface area contributed by atoms with Crippen LogP contribution in [0, 0.1) is 0 Å². The van der Waals surface area contributed by atoms with E-state index in [-0.39, 0.29) is 5.04 Å². The topological polar surface area (TPSA) is 26.3 Å². The molecule has 0 radical (unpaired) electrons. The van der Waals surface area contributed by atoms with Gasteiger partial charge in [0.1, 0.15) is 0 Å². The molecule has 0 heterocycles. The smallest absolute Gasteiger partial charge is 0.261 e. The molecule has 0 aliphatic rings. The van der Waals surface area contributed by atoms with Crippen molar-refractivity contribution in [1.29, 1.82) is 0 Å². The van der Waals surface area contributed by atoms with Gasteiger partial charge in [-0.2, -0.15) is 0 Å². The molecule has 0 spiro atoms. The standard InChI is InChI=1S/C24H25ClO2Si/c1-24(2,3)28(21-10-6-4-7-11-21,22-12-8-5-9-13-22)27-18-19-14-16-20(17-15-19)23(25)26/h4-17H,18H2,1-3H3. The zero-order valence-electron chi connectivity index (χ0n) is 16.5. The molecule has 0 aliphatic heterocycles. The minimum Gasteiger partial charge on any atom is -0.403 e. The van der Waals surface area contributed by atoms with E-state index in [0.29, 0.717) is 12.2 Å². The molecule has 3 aromatic rings. The Kier molecular flexibility index (Phi) is 6.19. The maximum absolute atomic E-state index is 11.3. The van der Waals surface area contributed by atoms with Gasteiger partial charge in [-0.3, -0.25) is 4.79 Å². The minimum atomic E-state index is -2.56. The number of carbonyl (C=O) groups is 1. The predicted molar refractivity (Wildman–Crippen MR) is 119 cm³/mol. The summed E-state index contributed by atoms with van der Waals surface area (Å²) in [5, 5.41) is 1.99. The van der Waals surface area contributed by atoms with Crippen LogP contribution < -0.4 is 10.4 Å². The van der Waals surface area contributed by atoms with Gasteiger partial charge in [0, 0.05) is 5.56 Å². The Labute approximate surface area is 173 Å². The van der Waals surface area contributed by atoms with Gasteiger partial charge in [0.05, 0.1) is 6.61 Å². The van der Waals surface area contributed by atoms with E-state index in [0.717, 1.165) is 5.56 Å². The van der Waals surface area contributed by atoms with Crippen LogP contribution in [0.25, 0.3) is 0 Å². The molecule has 144 valence electrons. The Morgan fingerprint density at radius 3 is 1.68 bits per heavy atom. The highest BCUT2D eigenvalue weighted by molar-refractivity contribution is 6.99. The second-order valence-corrected chi connectivity index (χ2v) is 12.6. The van der Waals surface area contributed by atoms with Gasteiger partial charge in [-0.05, 0) is 44.7 Å². The van der Waals surface area contributed by atoms with E-state index in [1.807, 2.05) is 24.3 Å². The van der Waals surface area contributed by atoms with Crippen molar-refractivity contribution in [2.45, 2.75) is 32.4 Å². The van der Waals surface area contributed by atoms with E-state index < -0.39 is 13.6 Å². The van der Waals surface area contributed by atoms with Crippen LogP contribution in [0.5, 0.6) is 0 Å². The molecule has 2 nitrogen and oxygen atoms in total. The van der Waals surface area contributed by atoms with Gasteiger partial charge in [0.25, 0.3) is 13.6 Å². The van der Waals surface area contributed by atoms with Crippen LogP contribution in [0.4, 0.5) is 0 Å². The molecule has 0 fully saturated rings. The van der Waals surface area contributed by atoms with Gasteiger partial charge >= 0.3 is 0 Å². The molecule has 0 saturated carbocycles. The lowest BCUT2D eigenvalue weighted by molar-refractivity contribution is 0.108. The first kappa shape index (κ1) is 20.5. The molecule has 0 unspecified atom stereocenters. The largest absolute Gasteiger partial charge is 0.403 e. The van der Waals surface area contributed by atoms with Crippen molar-refractivity contribution in [3.8, 4) is 0 Å². The highest BCUT2D eigenvalue weighted by atomic mass is 35.5. The van der Waals surface area contributed by atoms with E-state index in [4.69, 9.17) is 16.0 Å². The summed E-state index contributed by atoms with van der Waals surface area (Å²) in [5.41, 5.74) is 1.52. The fraction of sp³-hybridized carbons (Fsp3) is 0.208. The van der Waals surface area contributed by atoms with Crippen LogP contribution in [0.3, 0.4) is 0 Å². The van der Waals surface area contributed by atoms with E-state index in [9.17, 15) is 4.79 Å². The predicted octanol–water partition coefficient (Wildman–Crippen LogP) is 5.14. The molecule has 28 heavy (non-hydrogen) atoms. The number of rotatable bonds is 6. The maximum atomic E-state index is 11.3. The molecule has 3 rings (SSSR count). The zero-order chi connectivity index (χ0) is 20.2. The molecule has 0 aliphatic carbocycles. The van der Waals surface area contributed by atoms with Gasteiger partial charge in [0.15, 0.2) is 0 Å². The van der Waals surface area contributed by atoms with E-state index in [1.54, 1.807) is 12.1 Å². The Morgan fingerprint density at radius 1 is 0.821 bits per heavy atom. The Morgan fingerprint density at radius 2 is 1.29 bits per heavy atom. The summed E-state index contributed by atoms with van der Waals surface area (Å²) >= 11 is 5.56. The zero-order valence-corrected chi connectivity index (χ0v) is 18.2.